The molecule has 0 saturated heterocycles. The number of para-hydroxylation sites is 2. The van der Waals surface area contributed by atoms with Gasteiger partial charge in [-0.15, -0.1) is 0 Å². The number of anilines is 2. The summed E-state index contributed by atoms with van der Waals surface area (Å²) in [5.41, 5.74) is 2.00. The maximum Gasteiger partial charge on any atom is 0.257 e. The van der Waals surface area contributed by atoms with Gasteiger partial charge in [-0.2, -0.15) is 0 Å². The number of guanidine groups is 1. The molecular weight excluding hydrogens is 378 g/mol. The molecule has 8 heteroatoms. The number of hydrogen-bond donors (Lipinski definition) is 2. The van der Waals surface area contributed by atoms with Crippen LogP contribution in [-0.2, 0) is 0 Å². The van der Waals surface area contributed by atoms with Gasteiger partial charge in [0.15, 0.2) is 6.17 Å². The molecule has 0 saturated carbocycles. The van der Waals surface area contributed by atoms with E-state index in [-0.39, 0.29) is 5.56 Å². The van der Waals surface area contributed by atoms with Crippen molar-refractivity contribution in [1.29, 1.82) is 0 Å². The van der Waals surface area contributed by atoms with E-state index < -0.39 is 6.17 Å². The van der Waals surface area contributed by atoms with Crippen LogP contribution in [0, 0.1) is 6.92 Å². The molecule has 1 aromatic heterocycles. The number of ether oxygens (including phenoxy) is 1. The van der Waals surface area contributed by atoms with E-state index in [4.69, 9.17) is 21.3 Å². The van der Waals surface area contributed by atoms with Gasteiger partial charge in [-0.1, -0.05) is 35.9 Å². The molecule has 0 amide bonds. The number of halogens is 1. The molecule has 0 bridgehead atoms. The van der Waals surface area contributed by atoms with E-state index in [9.17, 15) is 4.79 Å². The number of benzene rings is 2. The van der Waals surface area contributed by atoms with Crippen LogP contribution in [0.3, 0.4) is 0 Å². The Morgan fingerprint density at radius 2 is 1.93 bits per heavy atom. The van der Waals surface area contributed by atoms with Crippen molar-refractivity contribution in [2.75, 3.05) is 17.7 Å². The molecule has 4 rings (SSSR count). The van der Waals surface area contributed by atoms with Crippen molar-refractivity contribution < 1.29 is 4.74 Å². The fourth-order valence-corrected chi connectivity index (χ4v) is 3.17. The smallest absolute Gasteiger partial charge is 0.257 e. The summed E-state index contributed by atoms with van der Waals surface area (Å²) in [7, 11) is 1.60. The average Bonchev–Trinajstić information content (AvgIpc) is 2.68. The Labute approximate surface area is 166 Å². The number of aryl methyl sites for hydroxylation is 1. The second-order valence-corrected chi connectivity index (χ2v) is 6.72. The molecule has 1 atom stereocenters. The average molecular weight is 396 g/mol. The van der Waals surface area contributed by atoms with Gasteiger partial charge in [0.25, 0.3) is 5.56 Å². The summed E-state index contributed by atoms with van der Waals surface area (Å²) >= 11 is 6.02. The van der Waals surface area contributed by atoms with Crippen LogP contribution < -0.4 is 20.9 Å². The monoisotopic (exact) mass is 395 g/mol. The Bertz CT molecular complexity index is 1110. The third-order valence-electron chi connectivity index (χ3n) is 4.33. The molecule has 0 spiro atoms. The zero-order chi connectivity index (χ0) is 19.7. The number of rotatable bonds is 3. The minimum absolute atomic E-state index is 0.185. The number of fused-ring (bicyclic) bond motifs is 1. The van der Waals surface area contributed by atoms with Crippen LogP contribution in [0.25, 0.3) is 0 Å². The van der Waals surface area contributed by atoms with Crippen molar-refractivity contribution in [2.45, 2.75) is 13.1 Å². The van der Waals surface area contributed by atoms with Gasteiger partial charge in [-0.05, 0) is 36.8 Å². The van der Waals surface area contributed by atoms with Crippen LogP contribution >= 0.6 is 11.6 Å². The highest BCUT2D eigenvalue weighted by Gasteiger charge is 2.25. The molecule has 1 aliphatic heterocycles. The SMILES string of the molecule is COc1ccccc1NC1=N[C@@H](c2ccc(Cl)cc2)n2c(nc(C)cc2=O)N1. The molecule has 0 unspecified atom stereocenters. The first kappa shape index (κ1) is 18.1. The second-order valence-electron chi connectivity index (χ2n) is 6.28. The number of hydrogen-bond acceptors (Lipinski definition) is 6. The first-order chi connectivity index (χ1) is 13.5. The summed E-state index contributed by atoms with van der Waals surface area (Å²) in [5.74, 6) is 1.55. The lowest BCUT2D eigenvalue weighted by Gasteiger charge is -2.27. The van der Waals surface area contributed by atoms with Gasteiger partial charge < -0.3 is 10.1 Å². The first-order valence-electron chi connectivity index (χ1n) is 8.65. The highest BCUT2D eigenvalue weighted by molar-refractivity contribution is 6.30. The predicted molar refractivity (Wildman–Crippen MR) is 110 cm³/mol. The quantitative estimate of drug-likeness (QED) is 0.707. The van der Waals surface area contributed by atoms with Gasteiger partial charge in [-0.25, -0.2) is 9.98 Å². The second kappa shape index (κ2) is 7.36. The Morgan fingerprint density at radius 1 is 1.18 bits per heavy atom. The summed E-state index contributed by atoms with van der Waals surface area (Å²) in [6, 6.07) is 16.2. The normalized spacial score (nSPS) is 15.2. The van der Waals surface area contributed by atoms with Crippen LogP contribution in [0.1, 0.15) is 17.4 Å². The molecule has 0 radical (unpaired) electrons. The summed E-state index contributed by atoms with van der Waals surface area (Å²) in [5, 5.41) is 6.94. The zero-order valence-electron chi connectivity index (χ0n) is 15.3. The number of nitrogens with zero attached hydrogens (tertiary/aromatic N) is 3. The summed E-state index contributed by atoms with van der Waals surface area (Å²) in [6.45, 7) is 1.78. The van der Waals surface area contributed by atoms with Crippen molar-refractivity contribution >= 4 is 29.2 Å². The summed E-state index contributed by atoms with van der Waals surface area (Å²) < 4.78 is 6.91. The molecule has 2 heterocycles. The van der Waals surface area contributed by atoms with E-state index in [1.165, 1.54) is 10.6 Å². The van der Waals surface area contributed by atoms with E-state index in [1.54, 1.807) is 26.2 Å². The number of methoxy groups -OCH3 is 1. The number of aliphatic imine (C=N–C) groups is 1. The Hall–Kier alpha value is -3.32. The van der Waals surface area contributed by atoms with E-state index in [0.29, 0.717) is 28.4 Å². The molecular formula is C20H18ClN5O2. The van der Waals surface area contributed by atoms with Crippen LogP contribution in [-0.4, -0.2) is 22.6 Å². The van der Waals surface area contributed by atoms with E-state index in [0.717, 1.165) is 11.3 Å². The standard InChI is InChI=1S/C20H18ClN5O2/c1-12-11-17(27)26-18(13-7-9-14(21)10-8-13)24-19(25-20(26)22-12)23-15-5-3-4-6-16(15)28-2/h3-11,18H,1-2H3,(H2,22,23,24,25)/t18-/m1/s1. The van der Waals surface area contributed by atoms with Gasteiger partial charge in [0.05, 0.1) is 12.8 Å². The summed E-state index contributed by atoms with van der Waals surface area (Å²) in [4.78, 5) is 21.8. The lowest BCUT2D eigenvalue weighted by Crippen LogP contribution is -2.37. The van der Waals surface area contributed by atoms with Crippen molar-refractivity contribution in [3.63, 3.8) is 0 Å². The minimum Gasteiger partial charge on any atom is -0.495 e. The van der Waals surface area contributed by atoms with Gasteiger partial charge in [-0.3, -0.25) is 14.7 Å². The van der Waals surface area contributed by atoms with E-state index in [2.05, 4.69) is 15.6 Å². The Kier molecular flexibility index (Phi) is 4.75. The maximum absolute atomic E-state index is 12.6. The fourth-order valence-electron chi connectivity index (χ4n) is 3.05. The van der Waals surface area contributed by atoms with Crippen molar-refractivity contribution in [3.8, 4) is 5.75 Å². The highest BCUT2D eigenvalue weighted by atomic mass is 35.5. The topological polar surface area (TPSA) is 80.5 Å². The van der Waals surface area contributed by atoms with Crippen molar-refractivity contribution in [3.05, 3.63) is 81.2 Å². The van der Waals surface area contributed by atoms with Crippen molar-refractivity contribution in [2.24, 2.45) is 4.99 Å². The Balaban J connectivity index is 1.80. The molecule has 28 heavy (non-hydrogen) atoms. The fraction of sp³-hybridized carbons (Fsp3) is 0.150. The lowest BCUT2D eigenvalue weighted by atomic mass is 10.1. The number of nitrogens with one attached hydrogen (secondary N) is 2. The molecule has 3 aromatic rings. The Morgan fingerprint density at radius 3 is 2.68 bits per heavy atom. The highest BCUT2D eigenvalue weighted by Crippen LogP contribution is 2.28. The van der Waals surface area contributed by atoms with Gasteiger partial charge in [0, 0.05) is 16.8 Å². The number of aromatic nitrogens is 2. The molecule has 7 nitrogen and oxygen atoms in total. The van der Waals surface area contributed by atoms with Gasteiger partial charge >= 0.3 is 0 Å². The van der Waals surface area contributed by atoms with Gasteiger partial charge in [0.2, 0.25) is 11.9 Å². The molecule has 2 N–H and O–H groups in total. The molecule has 0 fully saturated rings. The lowest BCUT2D eigenvalue weighted by molar-refractivity contribution is 0.417. The van der Waals surface area contributed by atoms with Crippen molar-refractivity contribution in [1.82, 2.24) is 9.55 Å². The predicted octanol–water partition coefficient (Wildman–Crippen LogP) is 3.65. The minimum atomic E-state index is -0.577. The first-order valence-corrected chi connectivity index (χ1v) is 9.03. The third-order valence-corrected chi connectivity index (χ3v) is 4.59. The molecule has 2 aromatic carbocycles. The van der Waals surface area contributed by atoms with E-state index in [1.807, 2.05) is 36.4 Å². The maximum atomic E-state index is 12.6. The zero-order valence-corrected chi connectivity index (χ0v) is 16.1. The molecule has 1 aliphatic rings. The van der Waals surface area contributed by atoms with Crippen LogP contribution in [0.4, 0.5) is 11.6 Å². The molecule has 142 valence electrons. The van der Waals surface area contributed by atoms with Crippen LogP contribution in [0.2, 0.25) is 5.02 Å². The third kappa shape index (κ3) is 3.44. The van der Waals surface area contributed by atoms with Crippen LogP contribution in [0.15, 0.2) is 64.4 Å². The van der Waals surface area contributed by atoms with E-state index >= 15 is 0 Å². The van der Waals surface area contributed by atoms with Gasteiger partial charge in [0.1, 0.15) is 5.75 Å². The van der Waals surface area contributed by atoms with Crippen LogP contribution in [0.5, 0.6) is 5.75 Å². The summed E-state index contributed by atoms with van der Waals surface area (Å²) in [6.07, 6.45) is -0.577. The molecule has 0 aliphatic carbocycles. The largest absolute Gasteiger partial charge is 0.495 e.